The fourth-order valence-corrected chi connectivity index (χ4v) is 3.06. The van der Waals surface area contributed by atoms with E-state index >= 15 is 0 Å². The third kappa shape index (κ3) is 2.78. The number of likely N-dealkylation sites (tertiary alicyclic amines) is 1. The van der Waals surface area contributed by atoms with Gasteiger partial charge in [0.05, 0.1) is 6.54 Å². The van der Waals surface area contributed by atoms with Crippen LogP contribution in [0, 0.1) is 6.92 Å². The number of aryl methyl sites for hydroxylation is 1. The summed E-state index contributed by atoms with van der Waals surface area (Å²) in [7, 11) is 1.97. The van der Waals surface area contributed by atoms with Crippen LogP contribution in [0.15, 0.2) is 10.5 Å². The first-order chi connectivity index (χ1) is 8.65. The van der Waals surface area contributed by atoms with Gasteiger partial charge in [0, 0.05) is 24.2 Å². The van der Waals surface area contributed by atoms with E-state index in [4.69, 9.17) is 4.42 Å². The Balaban J connectivity index is 2.06. The van der Waals surface area contributed by atoms with E-state index in [1.54, 1.807) is 0 Å². The lowest BCUT2D eigenvalue weighted by atomic mass is 10.1. The van der Waals surface area contributed by atoms with E-state index in [0.717, 1.165) is 30.7 Å². The van der Waals surface area contributed by atoms with Crippen molar-refractivity contribution in [1.82, 2.24) is 10.2 Å². The predicted octanol–water partition coefficient (Wildman–Crippen LogP) is 3.07. The highest BCUT2D eigenvalue weighted by atomic mass is 16.3. The zero-order valence-corrected chi connectivity index (χ0v) is 12.1. The van der Waals surface area contributed by atoms with Gasteiger partial charge >= 0.3 is 0 Å². The summed E-state index contributed by atoms with van der Waals surface area (Å²) in [5, 5.41) is 3.19. The van der Waals surface area contributed by atoms with Crippen LogP contribution in [-0.4, -0.2) is 24.0 Å². The second-order valence-corrected chi connectivity index (χ2v) is 5.49. The Bertz CT molecular complexity index is 386. The highest BCUT2D eigenvalue weighted by Crippen LogP contribution is 2.28. The molecule has 0 spiro atoms. The molecule has 1 N–H and O–H groups in total. The smallest absolute Gasteiger partial charge is 0.118 e. The maximum absolute atomic E-state index is 5.89. The van der Waals surface area contributed by atoms with Crippen LogP contribution >= 0.6 is 0 Å². The molecule has 1 aliphatic rings. The molecule has 18 heavy (non-hydrogen) atoms. The molecule has 1 fully saturated rings. The molecular weight excluding hydrogens is 224 g/mol. The van der Waals surface area contributed by atoms with Crippen LogP contribution in [0.4, 0.5) is 0 Å². The van der Waals surface area contributed by atoms with Crippen molar-refractivity contribution in [2.75, 3.05) is 7.05 Å². The molecule has 1 aromatic rings. The summed E-state index contributed by atoms with van der Waals surface area (Å²) in [6.07, 6.45) is 3.90. The maximum atomic E-state index is 5.89. The van der Waals surface area contributed by atoms with Gasteiger partial charge in [-0.25, -0.2) is 0 Å². The average molecular weight is 250 g/mol. The summed E-state index contributed by atoms with van der Waals surface area (Å²) < 4.78 is 5.89. The molecule has 1 aromatic heterocycles. The first-order valence-electron chi connectivity index (χ1n) is 7.14. The van der Waals surface area contributed by atoms with Gasteiger partial charge in [0.1, 0.15) is 11.5 Å². The van der Waals surface area contributed by atoms with Crippen molar-refractivity contribution in [2.45, 2.75) is 65.2 Å². The van der Waals surface area contributed by atoms with Gasteiger partial charge in [0.2, 0.25) is 0 Å². The molecule has 0 bridgehead atoms. The quantitative estimate of drug-likeness (QED) is 0.870. The van der Waals surface area contributed by atoms with Crippen molar-refractivity contribution in [2.24, 2.45) is 0 Å². The van der Waals surface area contributed by atoms with Crippen LogP contribution in [-0.2, 0) is 13.1 Å². The van der Waals surface area contributed by atoms with E-state index in [1.807, 2.05) is 7.05 Å². The van der Waals surface area contributed by atoms with Crippen LogP contribution in [0.1, 0.15) is 50.2 Å². The summed E-state index contributed by atoms with van der Waals surface area (Å²) in [5.41, 5.74) is 1.28. The van der Waals surface area contributed by atoms with Crippen molar-refractivity contribution in [3.8, 4) is 0 Å². The largest absolute Gasteiger partial charge is 0.465 e. The van der Waals surface area contributed by atoms with Crippen molar-refractivity contribution in [3.63, 3.8) is 0 Å². The van der Waals surface area contributed by atoms with E-state index in [9.17, 15) is 0 Å². The van der Waals surface area contributed by atoms with Gasteiger partial charge in [0.25, 0.3) is 0 Å². The van der Waals surface area contributed by atoms with Crippen LogP contribution in [0.3, 0.4) is 0 Å². The summed E-state index contributed by atoms with van der Waals surface area (Å²) in [6, 6.07) is 3.63. The minimum absolute atomic E-state index is 0.688. The topological polar surface area (TPSA) is 28.4 Å². The normalized spacial score (nSPS) is 24.9. The Labute approximate surface area is 111 Å². The number of hydrogen-bond acceptors (Lipinski definition) is 3. The molecule has 0 amide bonds. The number of hydrogen-bond donors (Lipinski definition) is 1. The SMILES string of the molecule is CCC1CCC(C)N1Cc1cc(CNC)c(C)o1. The van der Waals surface area contributed by atoms with Gasteiger partial charge in [-0.3, -0.25) is 4.90 Å². The van der Waals surface area contributed by atoms with Crippen molar-refractivity contribution < 1.29 is 4.42 Å². The molecule has 0 radical (unpaired) electrons. The first kappa shape index (κ1) is 13.6. The van der Waals surface area contributed by atoms with Gasteiger partial charge in [-0.2, -0.15) is 0 Å². The van der Waals surface area contributed by atoms with Gasteiger partial charge in [-0.05, 0) is 46.2 Å². The van der Waals surface area contributed by atoms with Gasteiger partial charge in [-0.1, -0.05) is 6.92 Å². The molecule has 2 rings (SSSR count). The van der Waals surface area contributed by atoms with E-state index in [-0.39, 0.29) is 0 Å². The monoisotopic (exact) mass is 250 g/mol. The maximum Gasteiger partial charge on any atom is 0.118 e. The minimum Gasteiger partial charge on any atom is -0.465 e. The molecular formula is C15H26N2O. The number of nitrogens with one attached hydrogen (secondary N) is 1. The fourth-order valence-electron chi connectivity index (χ4n) is 3.06. The van der Waals surface area contributed by atoms with Crippen LogP contribution in [0.5, 0.6) is 0 Å². The molecule has 2 heterocycles. The summed E-state index contributed by atoms with van der Waals surface area (Å²) in [5.74, 6) is 2.17. The Kier molecular flexibility index (Phi) is 4.46. The van der Waals surface area contributed by atoms with Crippen LogP contribution in [0.2, 0.25) is 0 Å². The average Bonchev–Trinajstić information content (AvgIpc) is 2.86. The molecule has 1 aliphatic heterocycles. The third-order valence-electron chi connectivity index (χ3n) is 4.20. The predicted molar refractivity (Wildman–Crippen MR) is 74.5 cm³/mol. The zero-order valence-electron chi connectivity index (χ0n) is 12.1. The summed E-state index contributed by atoms with van der Waals surface area (Å²) in [6.45, 7) is 8.53. The lowest BCUT2D eigenvalue weighted by Gasteiger charge is -2.26. The first-order valence-corrected chi connectivity index (χ1v) is 7.14. The molecule has 2 atom stereocenters. The van der Waals surface area contributed by atoms with Crippen molar-refractivity contribution >= 4 is 0 Å². The second kappa shape index (κ2) is 5.89. The molecule has 1 saturated heterocycles. The number of furan rings is 1. The lowest BCUT2D eigenvalue weighted by molar-refractivity contribution is 0.174. The fraction of sp³-hybridized carbons (Fsp3) is 0.733. The van der Waals surface area contributed by atoms with Gasteiger partial charge in [-0.15, -0.1) is 0 Å². The molecule has 0 saturated carbocycles. The summed E-state index contributed by atoms with van der Waals surface area (Å²) in [4.78, 5) is 2.60. The Morgan fingerprint density at radius 3 is 2.89 bits per heavy atom. The van der Waals surface area contributed by atoms with Crippen molar-refractivity contribution in [3.05, 3.63) is 23.2 Å². The van der Waals surface area contributed by atoms with Crippen molar-refractivity contribution in [1.29, 1.82) is 0 Å². The molecule has 2 unspecified atom stereocenters. The number of rotatable bonds is 5. The van der Waals surface area contributed by atoms with Gasteiger partial charge < -0.3 is 9.73 Å². The zero-order chi connectivity index (χ0) is 13.1. The Morgan fingerprint density at radius 2 is 2.22 bits per heavy atom. The minimum atomic E-state index is 0.688. The molecule has 102 valence electrons. The molecule has 3 heteroatoms. The highest BCUT2D eigenvalue weighted by molar-refractivity contribution is 5.20. The van der Waals surface area contributed by atoms with Gasteiger partial charge in [0.15, 0.2) is 0 Å². The van der Waals surface area contributed by atoms with Crippen LogP contribution in [0.25, 0.3) is 0 Å². The van der Waals surface area contributed by atoms with E-state index in [1.165, 1.54) is 24.8 Å². The third-order valence-corrected chi connectivity index (χ3v) is 4.20. The Hall–Kier alpha value is -0.800. The van der Waals surface area contributed by atoms with E-state index < -0.39 is 0 Å². The van der Waals surface area contributed by atoms with E-state index in [2.05, 4.69) is 37.1 Å². The molecule has 0 aromatic carbocycles. The Morgan fingerprint density at radius 1 is 1.44 bits per heavy atom. The molecule has 3 nitrogen and oxygen atoms in total. The highest BCUT2D eigenvalue weighted by Gasteiger charge is 2.29. The molecule has 0 aliphatic carbocycles. The summed E-state index contributed by atoms with van der Waals surface area (Å²) >= 11 is 0. The lowest BCUT2D eigenvalue weighted by Crippen LogP contribution is -2.33. The van der Waals surface area contributed by atoms with E-state index in [0.29, 0.717) is 6.04 Å². The second-order valence-electron chi connectivity index (χ2n) is 5.49. The van der Waals surface area contributed by atoms with Crippen LogP contribution < -0.4 is 5.32 Å². The number of nitrogens with zero attached hydrogens (tertiary/aromatic N) is 1. The standard InChI is InChI=1S/C15H26N2O/c1-5-14-7-6-11(2)17(14)10-15-8-13(9-16-4)12(3)18-15/h8,11,14,16H,5-7,9-10H2,1-4H3.